The van der Waals surface area contributed by atoms with Gasteiger partial charge in [0.2, 0.25) is 0 Å². The summed E-state index contributed by atoms with van der Waals surface area (Å²) in [5.74, 6) is 1.33. The monoisotopic (exact) mass is 274 g/mol. The SMILES string of the molecule is CCC(C)C1CN(c2ccccc2C(C)C)CCCN1. The molecule has 20 heavy (non-hydrogen) atoms. The minimum Gasteiger partial charge on any atom is -0.370 e. The molecule has 0 amide bonds. The van der Waals surface area contributed by atoms with Crippen molar-refractivity contribution in [1.29, 1.82) is 0 Å². The lowest BCUT2D eigenvalue weighted by Crippen LogP contribution is -2.42. The number of nitrogens with one attached hydrogen (secondary N) is 1. The maximum atomic E-state index is 3.74. The van der Waals surface area contributed by atoms with Crippen LogP contribution in [0, 0.1) is 5.92 Å². The van der Waals surface area contributed by atoms with Crippen LogP contribution in [0.15, 0.2) is 24.3 Å². The summed E-state index contributed by atoms with van der Waals surface area (Å²) in [4.78, 5) is 2.60. The first-order chi connectivity index (χ1) is 9.63. The van der Waals surface area contributed by atoms with Gasteiger partial charge in [0.1, 0.15) is 0 Å². The minimum absolute atomic E-state index is 0.587. The van der Waals surface area contributed by atoms with Gasteiger partial charge < -0.3 is 10.2 Å². The van der Waals surface area contributed by atoms with Crippen molar-refractivity contribution < 1.29 is 0 Å². The van der Waals surface area contributed by atoms with Gasteiger partial charge in [-0.05, 0) is 36.4 Å². The van der Waals surface area contributed by atoms with Gasteiger partial charge in [0.15, 0.2) is 0 Å². The normalized spacial score (nSPS) is 21.9. The molecule has 0 aromatic heterocycles. The largest absolute Gasteiger partial charge is 0.370 e. The number of anilines is 1. The number of hydrogen-bond donors (Lipinski definition) is 1. The minimum atomic E-state index is 0.587. The molecule has 112 valence electrons. The highest BCUT2D eigenvalue weighted by molar-refractivity contribution is 5.55. The average molecular weight is 274 g/mol. The van der Waals surface area contributed by atoms with E-state index in [4.69, 9.17) is 0 Å². The van der Waals surface area contributed by atoms with Gasteiger partial charge in [0.05, 0.1) is 0 Å². The summed E-state index contributed by atoms with van der Waals surface area (Å²) in [6, 6.07) is 9.55. The number of rotatable bonds is 4. The second-order valence-electron chi connectivity index (χ2n) is 6.46. The molecule has 1 N–H and O–H groups in total. The van der Waals surface area contributed by atoms with Crippen molar-refractivity contribution in [3.8, 4) is 0 Å². The van der Waals surface area contributed by atoms with Crippen LogP contribution >= 0.6 is 0 Å². The van der Waals surface area contributed by atoms with Crippen molar-refractivity contribution in [3.05, 3.63) is 29.8 Å². The van der Waals surface area contributed by atoms with E-state index in [0.29, 0.717) is 12.0 Å². The summed E-state index contributed by atoms with van der Waals surface area (Å²) in [5, 5.41) is 3.74. The Morgan fingerprint density at radius 3 is 2.70 bits per heavy atom. The molecular weight excluding hydrogens is 244 g/mol. The highest BCUT2D eigenvalue weighted by Gasteiger charge is 2.23. The zero-order chi connectivity index (χ0) is 14.5. The summed E-state index contributed by atoms with van der Waals surface area (Å²) < 4.78 is 0. The number of nitrogens with zero attached hydrogens (tertiary/aromatic N) is 1. The van der Waals surface area contributed by atoms with Crippen molar-refractivity contribution in [2.24, 2.45) is 5.92 Å². The molecule has 2 heteroatoms. The van der Waals surface area contributed by atoms with E-state index >= 15 is 0 Å². The van der Waals surface area contributed by atoms with Crippen molar-refractivity contribution in [2.45, 2.75) is 52.5 Å². The van der Waals surface area contributed by atoms with E-state index < -0.39 is 0 Å². The predicted molar refractivity (Wildman–Crippen MR) is 88.6 cm³/mol. The topological polar surface area (TPSA) is 15.3 Å². The number of hydrogen-bond acceptors (Lipinski definition) is 2. The third-order valence-corrected chi connectivity index (χ3v) is 4.66. The molecule has 2 nitrogen and oxygen atoms in total. The summed E-state index contributed by atoms with van der Waals surface area (Å²) in [6.07, 6.45) is 2.48. The molecule has 1 aromatic rings. The maximum Gasteiger partial charge on any atom is 0.0401 e. The van der Waals surface area contributed by atoms with Crippen LogP contribution in [0.5, 0.6) is 0 Å². The second-order valence-corrected chi connectivity index (χ2v) is 6.46. The van der Waals surface area contributed by atoms with Crippen LogP contribution in [0.1, 0.15) is 52.0 Å². The molecule has 1 aromatic carbocycles. The van der Waals surface area contributed by atoms with Gasteiger partial charge in [-0.1, -0.05) is 52.3 Å². The van der Waals surface area contributed by atoms with Crippen LogP contribution < -0.4 is 10.2 Å². The van der Waals surface area contributed by atoms with Crippen molar-refractivity contribution >= 4 is 5.69 Å². The molecule has 1 saturated heterocycles. The van der Waals surface area contributed by atoms with Crippen molar-refractivity contribution in [2.75, 3.05) is 24.5 Å². The molecule has 2 atom stereocenters. The van der Waals surface area contributed by atoms with Gasteiger partial charge in [-0.25, -0.2) is 0 Å². The zero-order valence-electron chi connectivity index (χ0n) is 13.5. The lowest BCUT2D eigenvalue weighted by atomic mass is 9.97. The Hall–Kier alpha value is -1.02. The van der Waals surface area contributed by atoms with Crippen LogP contribution in [-0.4, -0.2) is 25.7 Å². The third-order valence-electron chi connectivity index (χ3n) is 4.66. The molecule has 1 aliphatic rings. The van der Waals surface area contributed by atoms with Gasteiger partial charge in [-0.2, -0.15) is 0 Å². The summed E-state index contributed by atoms with van der Waals surface area (Å²) in [7, 11) is 0. The first-order valence-electron chi connectivity index (χ1n) is 8.20. The van der Waals surface area contributed by atoms with E-state index in [1.807, 2.05) is 0 Å². The lowest BCUT2D eigenvalue weighted by Gasteiger charge is -2.31. The van der Waals surface area contributed by atoms with Gasteiger partial charge in [-0.3, -0.25) is 0 Å². The molecule has 0 saturated carbocycles. The molecule has 2 rings (SSSR count). The highest BCUT2D eigenvalue weighted by Crippen LogP contribution is 2.28. The zero-order valence-corrected chi connectivity index (χ0v) is 13.5. The third kappa shape index (κ3) is 3.54. The van der Waals surface area contributed by atoms with Gasteiger partial charge in [0.25, 0.3) is 0 Å². The van der Waals surface area contributed by atoms with E-state index in [1.54, 1.807) is 0 Å². The average Bonchev–Trinajstić information content (AvgIpc) is 2.72. The van der Waals surface area contributed by atoms with E-state index in [9.17, 15) is 0 Å². The Morgan fingerprint density at radius 1 is 1.25 bits per heavy atom. The summed E-state index contributed by atoms with van der Waals surface area (Å²) in [5.41, 5.74) is 2.93. The quantitative estimate of drug-likeness (QED) is 0.892. The van der Waals surface area contributed by atoms with E-state index in [2.05, 4.69) is 62.2 Å². The first kappa shape index (κ1) is 15.4. The Balaban J connectivity index is 2.22. The van der Waals surface area contributed by atoms with Crippen molar-refractivity contribution in [1.82, 2.24) is 5.32 Å². The Labute approximate surface area is 124 Å². The van der Waals surface area contributed by atoms with E-state index in [-0.39, 0.29) is 0 Å². The predicted octanol–water partition coefficient (Wildman–Crippen LogP) is 4.02. The molecule has 2 unspecified atom stereocenters. The molecule has 1 aliphatic heterocycles. The Morgan fingerprint density at radius 2 is 2.00 bits per heavy atom. The maximum absolute atomic E-state index is 3.74. The van der Waals surface area contributed by atoms with Crippen LogP contribution in [0.25, 0.3) is 0 Å². The molecular formula is C18H30N2. The summed E-state index contributed by atoms with van der Waals surface area (Å²) >= 11 is 0. The summed E-state index contributed by atoms with van der Waals surface area (Å²) in [6.45, 7) is 12.7. The molecule has 1 heterocycles. The molecule has 0 radical (unpaired) electrons. The standard InChI is InChI=1S/C18H30N2/c1-5-15(4)17-13-20(12-8-11-19-17)18-10-7-6-9-16(18)14(2)3/h6-7,9-10,14-15,17,19H,5,8,11-13H2,1-4H3. The van der Waals surface area contributed by atoms with E-state index in [0.717, 1.165) is 19.0 Å². The Bertz CT molecular complexity index is 414. The smallest absolute Gasteiger partial charge is 0.0401 e. The van der Waals surface area contributed by atoms with Gasteiger partial charge in [-0.15, -0.1) is 0 Å². The molecule has 0 aliphatic carbocycles. The van der Waals surface area contributed by atoms with Crippen molar-refractivity contribution in [3.63, 3.8) is 0 Å². The number of benzene rings is 1. The van der Waals surface area contributed by atoms with E-state index in [1.165, 1.54) is 30.6 Å². The highest BCUT2D eigenvalue weighted by atomic mass is 15.2. The second kappa shape index (κ2) is 7.12. The van der Waals surface area contributed by atoms with Crippen LogP contribution in [0.2, 0.25) is 0 Å². The fourth-order valence-corrected chi connectivity index (χ4v) is 3.10. The number of para-hydroxylation sites is 1. The Kier molecular flexibility index (Phi) is 5.47. The van der Waals surface area contributed by atoms with Crippen LogP contribution in [0.3, 0.4) is 0 Å². The fourth-order valence-electron chi connectivity index (χ4n) is 3.10. The lowest BCUT2D eigenvalue weighted by molar-refractivity contribution is 0.384. The first-order valence-corrected chi connectivity index (χ1v) is 8.20. The molecule has 1 fully saturated rings. The molecule has 0 spiro atoms. The molecule has 0 bridgehead atoms. The van der Waals surface area contributed by atoms with Crippen LogP contribution in [-0.2, 0) is 0 Å². The fraction of sp³-hybridized carbons (Fsp3) is 0.667. The van der Waals surface area contributed by atoms with Gasteiger partial charge in [0, 0.05) is 24.8 Å². The van der Waals surface area contributed by atoms with Gasteiger partial charge >= 0.3 is 0 Å². The van der Waals surface area contributed by atoms with Crippen LogP contribution in [0.4, 0.5) is 5.69 Å².